The monoisotopic (exact) mass is 340 g/mol. The molecule has 0 atom stereocenters. The lowest BCUT2D eigenvalue weighted by Crippen LogP contribution is -2.14. The minimum Gasteiger partial charge on any atom is -0.462 e. The zero-order valence-electron chi connectivity index (χ0n) is 14.1. The van der Waals surface area contributed by atoms with Gasteiger partial charge in [-0.15, -0.1) is 0 Å². The van der Waals surface area contributed by atoms with Gasteiger partial charge in [0.1, 0.15) is 5.75 Å². The van der Waals surface area contributed by atoms with Crippen LogP contribution in [-0.4, -0.2) is 25.3 Å². The van der Waals surface area contributed by atoms with E-state index in [0.717, 1.165) is 11.1 Å². The van der Waals surface area contributed by atoms with E-state index >= 15 is 0 Å². The topological polar surface area (TPSA) is 61.8 Å². The van der Waals surface area contributed by atoms with Gasteiger partial charge in [0.15, 0.2) is 0 Å². The number of rotatable bonds is 7. The van der Waals surface area contributed by atoms with Gasteiger partial charge in [-0.25, -0.2) is 9.59 Å². The van der Waals surface area contributed by atoms with E-state index in [1.807, 2.05) is 42.5 Å². The molecule has 0 unspecified atom stereocenters. The Labute approximate surface area is 146 Å². The lowest BCUT2D eigenvalue weighted by Gasteiger charge is -2.10. The number of carbonyl (C=O) groups excluding carboxylic acids is 2. The van der Waals surface area contributed by atoms with Crippen molar-refractivity contribution in [3.63, 3.8) is 0 Å². The summed E-state index contributed by atoms with van der Waals surface area (Å²) < 4.78 is 15.2. The summed E-state index contributed by atoms with van der Waals surface area (Å²) in [5, 5.41) is 0. The maximum Gasteiger partial charge on any atom is 0.513 e. The molecule has 2 rings (SSSR count). The Bertz CT molecular complexity index is 737. The maximum atomic E-state index is 11.8. The fourth-order valence-electron chi connectivity index (χ4n) is 2.03. The zero-order valence-corrected chi connectivity index (χ0v) is 14.1. The first-order chi connectivity index (χ1) is 12.1. The van der Waals surface area contributed by atoms with Gasteiger partial charge < -0.3 is 14.2 Å². The highest BCUT2D eigenvalue weighted by atomic mass is 16.7. The molecule has 0 aliphatic rings. The number of hydrogen-bond acceptors (Lipinski definition) is 5. The molecule has 0 aromatic heterocycles. The third-order valence-electron chi connectivity index (χ3n) is 3.26. The molecule has 0 amide bonds. The third-order valence-corrected chi connectivity index (χ3v) is 3.26. The van der Waals surface area contributed by atoms with Gasteiger partial charge in [-0.2, -0.15) is 0 Å². The van der Waals surface area contributed by atoms with Crippen molar-refractivity contribution in [3.8, 4) is 16.9 Å². The Morgan fingerprint density at radius 3 is 2.28 bits per heavy atom. The molecule has 2 aromatic rings. The van der Waals surface area contributed by atoms with Gasteiger partial charge >= 0.3 is 12.1 Å². The molecule has 0 heterocycles. The van der Waals surface area contributed by atoms with E-state index in [1.165, 1.54) is 0 Å². The van der Waals surface area contributed by atoms with Crippen molar-refractivity contribution in [3.05, 3.63) is 66.7 Å². The molecular formula is C20H20O5. The van der Waals surface area contributed by atoms with Crippen LogP contribution in [0.4, 0.5) is 4.79 Å². The summed E-state index contributed by atoms with van der Waals surface area (Å²) in [6.07, 6.45) is -0.413. The van der Waals surface area contributed by atoms with Crippen LogP contribution in [0.1, 0.15) is 13.3 Å². The fraction of sp³-hybridized carbons (Fsp3) is 0.200. The molecule has 0 saturated heterocycles. The summed E-state index contributed by atoms with van der Waals surface area (Å²) in [6.45, 7) is 5.30. The molecule has 0 N–H and O–H groups in total. The first-order valence-corrected chi connectivity index (χ1v) is 7.89. The molecule has 5 heteroatoms. The SMILES string of the molecule is C=C(C)C(=O)OCCCOC(=O)Oc1ccccc1-c1ccccc1. The molecule has 0 saturated carbocycles. The van der Waals surface area contributed by atoms with Crippen LogP contribution in [0.25, 0.3) is 11.1 Å². The standard InChI is InChI=1S/C20H20O5/c1-15(2)19(21)23-13-8-14-24-20(22)25-18-12-7-6-11-17(18)16-9-4-3-5-10-16/h3-7,9-12H,1,8,13-14H2,2H3. The molecule has 0 aliphatic carbocycles. The van der Waals surface area contributed by atoms with Crippen LogP contribution in [0.15, 0.2) is 66.7 Å². The predicted octanol–water partition coefficient (Wildman–Crippen LogP) is 4.38. The summed E-state index contributed by atoms with van der Waals surface area (Å²) in [5.74, 6) is -0.0354. The first kappa shape index (κ1) is 18.3. The highest BCUT2D eigenvalue weighted by Crippen LogP contribution is 2.29. The second-order valence-electron chi connectivity index (χ2n) is 5.33. The van der Waals surface area contributed by atoms with Crippen molar-refractivity contribution in [2.75, 3.05) is 13.2 Å². The van der Waals surface area contributed by atoms with Gasteiger partial charge in [0.05, 0.1) is 13.2 Å². The van der Waals surface area contributed by atoms with Crippen molar-refractivity contribution in [2.24, 2.45) is 0 Å². The fourth-order valence-corrected chi connectivity index (χ4v) is 2.03. The summed E-state index contributed by atoms with van der Waals surface area (Å²) in [4.78, 5) is 23.0. The normalized spacial score (nSPS) is 9.96. The molecule has 0 spiro atoms. The average molecular weight is 340 g/mol. The van der Waals surface area contributed by atoms with E-state index in [-0.39, 0.29) is 13.2 Å². The second-order valence-corrected chi connectivity index (χ2v) is 5.33. The number of esters is 1. The lowest BCUT2D eigenvalue weighted by atomic mass is 10.1. The summed E-state index contributed by atoms with van der Waals surface area (Å²) in [5.41, 5.74) is 2.07. The predicted molar refractivity (Wildman–Crippen MR) is 94.2 cm³/mol. The molecule has 0 fully saturated rings. The summed E-state index contributed by atoms with van der Waals surface area (Å²) >= 11 is 0. The van der Waals surface area contributed by atoms with Crippen LogP contribution >= 0.6 is 0 Å². The van der Waals surface area contributed by atoms with E-state index < -0.39 is 12.1 Å². The van der Waals surface area contributed by atoms with Crippen molar-refractivity contribution in [1.82, 2.24) is 0 Å². The second kappa shape index (κ2) is 9.27. The number of benzene rings is 2. The Morgan fingerprint density at radius 1 is 0.920 bits per heavy atom. The summed E-state index contributed by atoms with van der Waals surface area (Å²) in [6, 6.07) is 16.8. The highest BCUT2D eigenvalue weighted by Gasteiger charge is 2.11. The van der Waals surface area contributed by atoms with Gasteiger partial charge in [-0.1, -0.05) is 55.1 Å². The van der Waals surface area contributed by atoms with Gasteiger partial charge in [0, 0.05) is 17.6 Å². The third kappa shape index (κ3) is 5.80. The van der Waals surface area contributed by atoms with E-state index in [0.29, 0.717) is 17.7 Å². The highest BCUT2D eigenvalue weighted by molar-refractivity contribution is 5.86. The van der Waals surface area contributed by atoms with Gasteiger partial charge in [-0.05, 0) is 18.6 Å². The van der Waals surface area contributed by atoms with Crippen LogP contribution in [0.2, 0.25) is 0 Å². The van der Waals surface area contributed by atoms with E-state index in [4.69, 9.17) is 14.2 Å². The largest absolute Gasteiger partial charge is 0.513 e. The average Bonchev–Trinajstić information content (AvgIpc) is 2.62. The Morgan fingerprint density at radius 2 is 1.56 bits per heavy atom. The molecule has 0 bridgehead atoms. The minimum atomic E-state index is -0.797. The molecule has 0 aliphatic heterocycles. The molecule has 130 valence electrons. The number of para-hydroxylation sites is 1. The van der Waals surface area contributed by atoms with Gasteiger partial charge in [-0.3, -0.25) is 0 Å². The van der Waals surface area contributed by atoms with E-state index in [1.54, 1.807) is 19.1 Å². The Hall–Kier alpha value is -3.08. The van der Waals surface area contributed by atoms with E-state index in [9.17, 15) is 9.59 Å². The zero-order chi connectivity index (χ0) is 18.1. The molecule has 2 aromatic carbocycles. The van der Waals surface area contributed by atoms with Crippen molar-refractivity contribution in [1.29, 1.82) is 0 Å². The molecular weight excluding hydrogens is 320 g/mol. The first-order valence-electron chi connectivity index (χ1n) is 7.89. The van der Waals surface area contributed by atoms with Crippen molar-refractivity contribution < 1.29 is 23.8 Å². The Kier molecular flexibility index (Phi) is 6.77. The van der Waals surface area contributed by atoms with Crippen LogP contribution in [0.3, 0.4) is 0 Å². The van der Waals surface area contributed by atoms with Crippen molar-refractivity contribution in [2.45, 2.75) is 13.3 Å². The number of hydrogen-bond donors (Lipinski definition) is 0. The van der Waals surface area contributed by atoms with Crippen molar-refractivity contribution >= 4 is 12.1 Å². The van der Waals surface area contributed by atoms with Gasteiger partial charge in [0.25, 0.3) is 0 Å². The van der Waals surface area contributed by atoms with Crippen LogP contribution < -0.4 is 4.74 Å². The maximum absolute atomic E-state index is 11.8. The number of carbonyl (C=O) groups is 2. The molecule has 25 heavy (non-hydrogen) atoms. The Balaban J connectivity index is 1.83. The molecule has 0 radical (unpaired) electrons. The molecule has 5 nitrogen and oxygen atoms in total. The lowest BCUT2D eigenvalue weighted by molar-refractivity contribution is -0.139. The van der Waals surface area contributed by atoms with Crippen LogP contribution in [-0.2, 0) is 14.3 Å². The van der Waals surface area contributed by atoms with E-state index in [2.05, 4.69) is 6.58 Å². The number of ether oxygens (including phenoxy) is 3. The smallest absolute Gasteiger partial charge is 0.462 e. The van der Waals surface area contributed by atoms with Crippen LogP contribution in [0.5, 0.6) is 5.75 Å². The minimum absolute atomic E-state index is 0.0931. The van der Waals surface area contributed by atoms with Gasteiger partial charge in [0.2, 0.25) is 0 Å². The quantitative estimate of drug-likeness (QED) is 0.324. The summed E-state index contributed by atoms with van der Waals surface area (Å²) in [7, 11) is 0. The van der Waals surface area contributed by atoms with Crippen LogP contribution in [0, 0.1) is 0 Å².